The van der Waals surface area contributed by atoms with Crippen molar-refractivity contribution in [2.45, 2.75) is 39.0 Å². The molecule has 0 radical (unpaired) electrons. The molecule has 2 saturated heterocycles. The van der Waals surface area contributed by atoms with Crippen LogP contribution in [0.2, 0.25) is 0 Å². The largest absolute Gasteiger partial charge is 0.484 e. The number of ether oxygens (including phenoxy) is 1. The number of piperidine rings is 2. The third-order valence-electron chi connectivity index (χ3n) is 6.15. The number of hydrogen-bond acceptors (Lipinski definition) is 4. The van der Waals surface area contributed by atoms with Crippen LogP contribution in [0.25, 0.3) is 0 Å². The molecule has 2 amide bonds. The molecule has 29 heavy (non-hydrogen) atoms. The lowest BCUT2D eigenvalue weighted by Crippen LogP contribution is -2.44. The molecule has 0 saturated carbocycles. The summed E-state index contributed by atoms with van der Waals surface area (Å²) in [7, 11) is 0. The molecule has 0 unspecified atom stereocenters. The van der Waals surface area contributed by atoms with E-state index in [-0.39, 0.29) is 24.3 Å². The maximum atomic E-state index is 12.4. The monoisotopic (exact) mass is 401 g/mol. The van der Waals surface area contributed by atoms with Crippen LogP contribution in [0.3, 0.4) is 0 Å². The van der Waals surface area contributed by atoms with Crippen molar-refractivity contribution < 1.29 is 14.3 Å². The number of nitrogens with zero attached hydrogens (tertiary/aromatic N) is 2. The van der Waals surface area contributed by atoms with E-state index in [9.17, 15) is 9.59 Å². The molecule has 1 aromatic rings. The summed E-state index contributed by atoms with van der Waals surface area (Å²) in [5.74, 6) is 1.71. The molecule has 0 aliphatic carbocycles. The summed E-state index contributed by atoms with van der Waals surface area (Å²) in [6, 6.07) is 9.37. The summed E-state index contributed by atoms with van der Waals surface area (Å²) in [5, 5.41) is 3.10. The highest BCUT2D eigenvalue weighted by molar-refractivity contribution is 5.80. The molecule has 6 heteroatoms. The molecular weight excluding hydrogens is 366 g/mol. The highest BCUT2D eigenvalue weighted by Crippen LogP contribution is 2.18. The van der Waals surface area contributed by atoms with Crippen LogP contribution in [0.5, 0.6) is 5.75 Å². The number of rotatable bonds is 8. The lowest BCUT2D eigenvalue weighted by atomic mass is 9.96. The number of benzene rings is 1. The average molecular weight is 402 g/mol. The van der Waals surface area contributed by atoms with Crippen molar-refractivity contribution in [3.63, 3.8) is 0 Å². The maximum absolute atomic E-state index is 12.4. The minimum Gasteiger partial charge on any atom is -0.484 e. The van der Waals surface area contributed by atoms with Gasteiger partial charge in [0.1, 0.15) is 5.75 Å². The molecule has 160 valence electrons. The van der Waals surface area contributed by atoms with Gasteiger partial charge in [-0.1, -0.05) is 25.1 Å². The van der Waals surface area contributed by atoms with E-state index >= 15 is 0 Å². The average Bonchev–Trinajstić information content (AvgIpc) is 2.77. The van der Waals surface area contributed by atoms with Gasteiger partial charge in [0.2, 0.25) is 5.91 Å². The maximum Gasteiger partial charge on any atom is 0.260 e. The Bertz CT molecular complexity index is 636. The molecule has 0 bridgehead atoms. The Balaban J connectivity index is 1.27. The SMILES string of the molecule is CC1CCN(CCCNC(=O)C2CCN(C(=O)COc3ccccc3)CC2)CC1. The van der Waals surface area contributed by atoms with Crippen molar-refractivity contribution in [1.82, 2.24) is 15.1 Å². The Morgan fingerprint density at radius 3 is 2.41 bits per heavy atom. The van der Waals surface area contributed by atoms with Crippen LogP contribution in [-0.2, 0) is 9.59 Å². The van der Waals surface area contributed by atoms with Crippen molar-refractivity contribution in [3.8, 4) is 5.75 Å². The lowest BCUT2D eigenvalue weighted by Gasteiger charge is -2.31. The fourth-order valence-electron chi connectivity index (χ4n) is 4.09. The van der Waals surface area contributed by atoms with E-state index in [1.807, 2.05) is 35.2 Å². The number of hydrogen-bond donors (Lipinski definition) is 1. The van der Waals surface area contributed by atoms with E-state index in [0.29, 0.717) is 18.8 Å². The van der Waals surface area contributed by atoms with E-state index in [2.05, 4.69) is 17.1 Å². The van der Waals surface area contributed by atoms with Crippen molar-refractivity contribution in [3.05, 3.63) is 30.3 Å². The van der Waals surface area contributed by atoms with Gasteiger partial charge in [0.25, 0.3) is 5.91 Å². The molecule has 2 aliphatic heterocycles. The number of nitrogens with one attached hydrogen (secondary N) is 1. The van der Waals surface area contributed by atoms with Crippen molar-refractivity contribution in [2.75, 3.05) is 45.9 Å². The Morgan fingerprint density at radius 1 is 1.03 bits per heavy atom. The van der Waals surface area contributed by atoms with Crippen LogP contribution >= 0.6 is 0 Å². The first-order valence-corrected chi connectivity index (χ1v) is 11.1. The molecule has 0 atom stereocenters. The topological polar surface area (TPSA) is 61.9 Å². The van der Waals surface area contributed by atoms with Crippen LogP contribution in [0, 0.1) is 11.8 Å². The zero-order valence-electron chi connectivity index (χ0n) is 17.6. The fraction of sp³-hybridized carbons (Fsp3) is 0.652. The van der Waals surface area contributed by atoms with Gasteiger partial charge < -0.3 is 19.9 Å². The van der Waals surface area contributed by atoms with Gasteiger partial charge in [-0.15, -0.1) is 0 Å². The van der Waals surface area contributed by atoms with Gasteiger partial charge >= 0.3 is 0 Å². The molecule has 1 N–H and O–H groups in total. The van der Waals surface area contributed by atoms with E-state index in [1.165, 1.54) is 25.9 Å². The summed E-state index contributed by atoms with van der Waals surface area (Å²) in [6.07, 6.45) is 5.05. The number of likely N-dealkylation sites (tertiary alicyclic amines) is 2. The minimum absolute atomic E-state index is 0.0106. The highest BCUT2D eigenvalue weighted by Gasteiger charge is 2.27. The quantitative estimate of drug-likeness (QED) is 0.680. The van der Waals surface area contributed by atoms with Crippen molar-refractivity contribution >= 4 is 11.8 Å². The van der Waals surface area contributed by atoms with Crippen LogP contribution in [-0.4, -0.2) is 67.5 Å². The van der Waals surface area contributed by atoms with Gasteiger partial charge in [0.05, 0.1) is 0 Å². The van der Waals surface area contributed by atoms with Crippen LogP contribution in [0.15, 0.2) is 30.3 Å². The second-order valence-corrected chi connectivity index (χ2v) is 8.43. The van der Waals surface area contributed by atoms with Crippen LogP contribution in [0.4, 0.5) is 0 Å². The second kappa shape index (κ2) is 11.2. The molecule has 2 fully saturated rings. The Hall–Kier alpha value is -2.08. The first-order valence-electron chi connectivity index (χ1n) is 11.1. The van der Waals surface area contributed by atoms with Gasteiger partial charge in [0.15, 0.2) is 6.61 Å². The summed E-state index contributed by atoms with van der Waals surface area (Å²) in [6.45, 7) is 7.83. The standard InChI is InChI=1S/C23H35N3O3/c1-19-8-14-25(15-9-19)13-5-12-24-23(28)20-10-16-26(17-11-20)22(27)18-29-21-6-3-2-4-7-21/h2-4,6-7,19-20H,5,8-18H2,1H3,(H,24,28). The smallest absolute Gasteiger partial charge is 0.260 e. The number of carbonyl (C=O) groups excluding carboxylic acids is 2. The Labute approximate surface area is 174 Å². The lowest BCUT2D eigenvalue weighted by molar-refractivity contribution is -0.137. The first-order chi connectivity index (χ1) is 14.1. The molecule has 0 spiro atoms. The Kier molecular flexibility index (Phi) is 8.35. The van der Waals surface area contributed by atoms with Gasteiger partial charge in [-0.05, 0) is 69.8 Å². The second-order valence-electron chi connectivity index (χ2n) is 8.43. The number of amides is 2. The van der Waals surface area contributed by atoms with Crippen molar-refractivity contribution in [2.24, 2.45) is 11.8 Å². The van der Waals surface area contributed by atoms with Gasteiger partial charge in [-0.3, -0.25) is 9.59 Å². The van der Waals surface area contributed by atoms with E-state index < -0.39 is 0 Å². The number of carbonyl (C=O) groups is 2. The molecule has 6 nitrogen and oxygen atoms in total. The summed E-state index contributed by atoms with van der Waals surface area (Å²) in [4.78, 5) is 29.1. The van der Waals surface area contributed by atoms with Crippen LogP contribution < -0.4 is 10.1 Å². The Morgan fingerprint density at radius 2 is 1.72 bits per heavy atom. The van der Waals surface area contributed by atoms with E-state index in [4.69, 9.17) is 4.74 Å². The molecular formula is C23H35N3O3. The van der Waals surface area contributed by atoms with Crippen LogP contribution in [0.1, 0.15) is 39.0 Å². The molecule has 3 rings (SSSR count). The molecule has 2 heterocycles. The summed E-state index contributed by atoms with van der Waals surface area (Å²) >= 11 is 0. The van der Waals surface area contributed by atoms with Gasteiger partial charge in [-0.2, -0.15) is 0 Å². The van der Waals surface area contributed by atoms with Crippen molar-refractivity contribution in [1.29, 1.82) is 0 Å². The third-order valence-corrected chi connectivity index (χ3v) is 6.15. The predicted molar refractivity (Wildman–Crippen MR) is 114 cm³/mol. The molecule has 2 aliphatic rings. The molecule has 1 aromatic carbocycles. The first kappa shape index (κ1) is 21.6. The normalized spacial score (nSPS) is 19.1. The van der Waals surface area contributed by atoms with E-state index in [1.54, 1.807) is 0 Å². The molecule has 0 aromatic heterocycles. The summed E-state index contributed by atoms with van der Waals surface area (Å²) < 4.78 is 5.54. The fourth-order valence-corrected chi connectivity index (χ4v) is 4.09. The highest BCUT2D eigenvalue weighted by atomic mass is 16.5. The zero-order valence-corrected chi connectivity index (χ0v) is 17.6. The third kappa shape index (κ3) is 7.03. The predicted octanol–water partition coefficient (Wildman–Crippen LogP) is 2.54. The zero-order chi connectivity index (χ0) is 20.5. The van der Waals surface area contributed by atoms with E-state index in [0.717, 1.165) is 38.3 Å². The van der Waals surface area contributed by atoms with Gasteiger partial charge in [-0.25, -0.2) is 0 Å². The minimum atomic E-state index is -0.0106. The number of para-hydroxylation sites is 1. The summed E-state index contributed by atoms with van der Waals surface area (Å²) in [5.41, 5.74) is 0. The van der Waals surface area contributed by atoms with Gasteiger partial charge in [0, 0.05) is 25.6 Å².